The number of hydrogen-bond acceptors (Lipinski definition) is 5. The average Bonchev–Trinajstić information content (AvgIpc) is 2.95. The third-order valence-corrected chi connectivity index (χ3v) is 5.14. The minimum Gasteiger partial charge on any atom is -0.497 e. The van der Waals surface area contributed by atoms with E-state index in [2.05, 4.69) is 16.8 Å². The first kappa shape index (κ1) is 18.5. The third kappa shape index (κ3) is 4.02. The predicted octanol–water partition coefficient (Wildman–Crippen LogP) is 3.49. The van der Waals surface area contributed by atoms with Crippen LogP contribution in [0.25, 0.3) is 11.1 Å². The van der Waals surface area contributed by atoms with Gasteiger partial charge in [0.05, 0.1) is 13.7 Å². The Kier molecular flexibility index (Phi) is 5.30. The van der Waals surface area contributed by atoms with Crippen molar-refractivity contribution in [2.75, 3.05) is 33.3 Å². The van der Waals surface area contributed by atoms with Crippen LogP contribution in [0.4, 0.5) is 0 Å². The van der Waals surface area contributed by atoms with E-state index >= 15 is 0 Å². The van der Waals surface area contributed by atoms with Crippen LogP contribution in [0.3, 0.4) is 0 Å². The maximum Gasteiger partial charge on any atom is 0.254 e. The number of aryl methyl sites for hydroxylation is 1. The number of fused-ring (bicyclic) bond motifs is 1. The highest BCUT2D eigenvalue weighted by atomic mass is 16.5. The molecular formula is C22H25N3O3. The highest BCUT2D eigenvalue weighted by molar-refractivity contribution is 5.94. The van der Waals surface area contributed by atoms with Crippen molar-refractivity contribution in [1.29, 1.82) is 0 Å². The Hall–Kier alpha value is -2.86. The quantitative estimate of drug-likeness (QED) is 0.694. The fraction of sp³-hybridized carbons (Fsp3) is 0.364. The molecule has 4 rings (SSSR count). The fourth-order valence-corrected chi connectivity index (χ4v) is 3.61. The van der Waals surface area contributed by atoms with E-state index in [1.807, 2.05) is 41.3 Å². The van der Waals surface area contributed by atoms with E-state index in [0.717, 1.165) is 43.0 Å². The second kappa shape index (κ2) is 8.02. The lowest BCUT2D eigenvalue weighted by Gasteiger charge is -2.21. The molecule has 2 aromatic carbocycles. The van der Waals surface area contributed by atoms with Crippen LogP contribution in [0.5, 0.6) is 5.75 Å². The fourth-order valence-electron chi connectivity index (χ4n) is 3.61. The standard InChI is InChI=1S/C22H25N3O3/c1-16-7-8-20-19(13-16)23-21(28-20)15-24-9-4-10-25(12-11-24)22(26)17-5-3-6-18(14-17)27-2/h3,5-8,13-14H,4,9-12,15H2,1-2H3. The van der Waals surface area contributed by atoms with E-state index in [4.69, 9.17) is 9.15 Å². The van der Waals surface area contributed by atoms with Crippen molar-refractivity contribution in [3.8, 4) is 5.75 Å². The zero-order chi connectivity index (χ0) is 19.5. The summed E-state index contributed by atoms with van der Waals surface area (Å²) in [5.74, 6) is 1.49. The summed E-state index contributed by atoms with van der Waals surface area (Å²) in [5, 5.41) is 0. The van der Waals surface area contributed by atoms with Crippen molar-refractivity contribution in [3.63, 3.8) is 0 Å². The molecule has 0 bridgehead atoms. The minimum atomic E-state index is 0.0538. The zero-order valence-electron chi connectivity index (χ0n) is 16.4. The SMILES string of the molecule is COc1cccc(C(=O)N2CCCN(Cc3nc4cc(C)ccc4o3)CC2)c1. The van der Waals surface area contributed by atoms with E-state index in [9.17, 15) is 4.79 Å². The van der Waals surface area contributed by atoms with Crippen LogP contribution in [0.15, 0.2) is 46.9 Å². The van der Waals surface area contributed by atoms with Crippen LogP contribution in [-0.4, -0.2) is 54.0 Å². The van der Waals surface area contributed by atoms with Gasteiger partial charge in [0.1, 0.15) is 11.3 Å². The molecule has 6 nitrogen and oxygen atoms in total. The van der Waals surface area contributed by atoms with Crippen molar-refractivity contribution in [2.45, 2.75) is 19.9 Å². The number of oxazole rings is 1. The maximum atomic E-state index is 12.9. The molecule has 0 atom stereocenters. The van der Waals surface area contributed by atoms with Gasteiger partial charge in [-0.2, -0.15) is 0 Å². The number of carbonyl (C=O) groups excluding carboxylic acids is 1. The van der Waals surface area contributed by atoms with Gasteiger partial charge in [0.25, 0.3) is 5.91 Å². The Balaban J connectivity index is 1.40. The number of carbonyl (C=O) groups is 1. The molecule has 3 aromatic rings. The summed E-state index contributed by atoms with van der Waals surface area (Å²) < 4.78 is 11.1. The first-order chi connectivity index (χ1) is 13.6. The van der Waals surface area contributed by atoms with Crippen molar-refractivity contribution in [2.24, 2.45) is 0 Å². The van der Waals surface area contributed by atoms with Crippen molar-refractivity contribution < 1.29 is 13.9 Å². The van der Waals surface area contributed by atoms with Crippen LogP contribution >= 0.6 is 0 Å². The summed E-state index contributed by atoms with van der Waals surface area (Å²) in [5.41, 5.74) is 3.57. The minimum absolute atomic E-state index is 0.0538. The normalized spacial score (nSPS) is 15.6. The van der Waals surface area contributed by atoms with Crippen molar-refractivity contribution >= 4 is 17.0 Å². The molecule has 1 aliphatic rings. The summed E-state index contributed by atoms with van der Waals surface area (Å²) in [6.07, 6.45) is 0.926. The number of hydrogen-bond donors (Lipinski definition) is 0. The van der Waals surface area contributed by atoms with E-state index in [1.54, 1.807) is 13.2 Å². The Morgan fingerprint density at radius 2 is 2.04 bits per heavy atom. The average molecular weight is 379 g/mol. The van der Waals surface area contributed by atoms with Gasteiger partial charge in [-0.05, 0) is 49.2 Å². The van der Waals surface area contributed by atoms with Crippen LogP contribution in [0.2, 0.25) is 0 Å². The zero-order valence-corrected chi connectivity index (χ0v) is 16.4. The number of rotatable bonds is 4. The van der Waals surface area contributed by atoms with Gasteiger partial charge in [-0.25, -0.2) is 4.98 Å². The molecule has 0 radical (unpaired) electrons. The molecule has 1 aromatic heterocycles. The van der Waals surface area contributed by atoms with E-state index in [-0.39, 0.29) is 5.91 Å². The molecule has 1 saturated heterocycles. The molecule has 6 heteroatoms. The molecule has 1 amide bonds. The molecule has 0 unspecified atom stereocenters. The molecule has 0 N–H and O–H groups in total. The van der Waals surface area contributed by atoms with E-state index in [0.29, 0.717) is 24.4 Å². The van der Waals surface area contributed by atoms with Crippen LogP contribution < -0.4 is 4.74 Å². The molecule has 1 fully saturated rings. The summed E-state index contributed by atoms with van der Waals surface area (Å²) >= 11 is 0. The predicted molar refractivity (Wildman–Crippen MR) is 108 cm³/mol. The summed E-state index contributed by atoms with van der Waals surface area (Å²) in [7, 11) is 1.61. The number of benzene rings is 2. The lowest BCUT2D eigenvalue weighted by atomic mass is 10.2. The molecule has 28 heavy (non-hydrogen) atoms. The van der Waals surface area contributed by atoms with Crippen LogP contribution in [-0.2, 0) is 6.54 Å². The smallest absolute Gasteiger partial charge is 0.254 e. The lowest BCUT2D eigenvalue weighted by Crippen LogP contribution is -2.35. The molecule has 0 aliphatic carbocycles. The third-order valence-electron chi connectivity index (χ3n) is 5.14. The summed E-state index contributed by atoms with van der Waals surface area (Å²) in [4.78, 5) is 21.7. The topological polar surface area (TPSA) is 58.8 Å². The highest BCUT2D eigenvalue weighted by Gasteiger charge is 2.21. The molecule has 2 heterocycles. The summed E-state index contributed by atoms with van der Waals surface area (Å²) in [6, 6.07) is 13.4. The maximum absolute atomic E-state index is 12.9. The summed E-state index contributed by atoms with van der Waals surface area (Å²) in [6.45, 7) is 5.87. The first-order valence-electron chi connectivity index (χ1n) is 9.64. The molecule has 146 valence electrons. The molecule has 1 aliphatic heterocycles. The highest BCUT2D eigenvalue weighted by Crippen LogP contribution is 2.19. The Labute approximate surface area is 164 Å². The van der Waals surface area contributed by atoms with Crippen molar-refractivity contribution in [3.05, 3.63) is 59.5 Å². The lowest BCUT2D eigenvalue weighted by molar-refractivity contribution is 0.0760. The van der Waals surface area contributed by atoms with Crippen LogP contribution in [0.1, 0.15) is 28.2 Å². The number of aromatic nitrogens is 1. The Bertz CT molecular complexity index is 982. The van der Waals surface area contributed by atoms with Gasteiger partial charge in [0.15, 0.2) is 5.58 Å². The molecule has 0 spiro atoms. The van der Waals surface area contributed by atoms with Gasteiger partial charge < -0.3 is 14.1 Å². The van der Waals surface area contributed by atoms with Gasteiger partial charge in [-0.3, -0.25) is 9.69 Å². The van der Waals surface area contributed by atoms with E-state index in [1.165, 1.54) is 5.56 Å². The van der Waals surface area contributed by atoms with Gasteiger partial charge >= 0.3 is 0 Å². The Morgan fingerprint density at radius 1 is 1.14 bits per heavy atom. The van der Waals surface area contributed by atoms with Gasteiger partial charge in [-0.15, -0.1) is 0 Å². The second-order valence-corrected chi connectivity index (χ2v) is 7.23. The number of ether oxygens (including phenoxy) is 1. The monoisotopic (exact) mass is 379 g/mol. The Morgan fingerprint density at radius 3 is 2.89 bits per heavy atom. The van der Waals surface area contributed by atoms with E-state index < -0.39 is 0 Å². The largest absolute Gasteiger partial charge is 0.497 e. The van der Waals surface area contributed by atoms with Crippen LogP contribution in [0, 0.1) is 6.92 Å². The second-order valence-electron chi connectivity index (χ2n) is 7.23. The van der Waals surface area contributed by atoms with Gasteiger partial charge in [0, 0.05) is 31.7 Å². The van der Waals surface area contributed by atoms with Gasteiger partial charge in [-0.1, -0.05) is 12.1 Å². The molecule has 0 saturated carbocycles. The number of nitrogens with zero attached hydrogens (tertiary/aromatic N) is 3. The number of amides is 1. The van der Waals surface area contributed by atoms with Crippen molar-refractivity contribution in [1.82, 2.24) is 14.8 Å². The molecular weight excluding hydrogens is 354 g/mol. The first-order valence-corrected chi connectivity index (χ1v) is 9.64. The number of methoxy groups -OCH3 is 1. The van der Waals surface area contributed by atoms with Gasteiger partial charge in [0.2, 0.25) is 5.89 Å².